The fourth-order valence-electron chi connectivity index (χ4n) is 2.03. The normalized spacial score (nSPS) is 11.2. The van der Waals surface area contributed by atoms with Gasteiger partial charge >= 0.3 is 5.97 Å². The number of benzene rings is 2. The van der Waals surface area contributed by atoms with Crippen LogP contribution in [0.4, 0.5) is 5.69 Å². The van der Waals surface area contributed by atoms with Gasteiger partial charge in [-0.2, -0.15) is 0 Å². The van der Waals surface area contributed by atoms with Gasteiger partial charge in [0.1, 0.15) is 0 Å². The molecular formula is C15H14BrNO4S. The molecule has 0 unspecified atom stereocenters. The molecule has 0 aromatic heterocycles. The highest BCUT2D eigenvalue weighted by molar-refractivity contribution is 9.10. The largest absolute Gasteiger partial charge is 0.478 e. The van der Waals surface area contributed by atoms with E-state index in [0.29, 0.717) is 15.6 Å². The molecule has 2 aromatic carbocycles. The highest BCUT2D eigenvalue weighted by atomic mass is 79.9. The number of aromatic carboxylic acids is 1. The van der Waals surface area contributed by atoms with E-state index in [1.54, 1.807) is 38.1 Å². The van der Waals surface area contributed by atoms with Crippen molar-refractivity contribution < 1.29 is 18.3 Å². The summed E-state index contributed by atoms with van der Waals surface area (Å²) >= 11 is 3.24. The molecule has 0 radical (unpaired) electrons. The van der Waals surface area contributed by atoms with Crippen LogP contribution in [-0.4, -0.2) is 19.5 Å². The molecule has 0 saturated heterocycles. The van der Waals surface area contributed by atoms with Crippen LogP contribution in [0, 0.1) is 13.8 Å². The van der Waals surface area contributed by atoms with Gasteiger partial charge in [-0.25, -0.2) is 13.2 Å². The predicted octanol–water partition coefficient (Wildman–Crippen LogP) is 3.56. The topological polar surface area (TPSA) is 83.5 Å². The Kier molecular flexibility index (Phi) is 4.58. The Bertz CT molecular complexity index is 847. The van der Waals surface area contributed by atoms with Crippen molar-refractivity contribution in [3.05, 3.63) is 57.6 Å². The summed E-state index contributed by atoms with van der Waals surface area (Å²) in [6.45, 7) is 3.33. The van der Waals surface area contributed by atoms with Crippen LogP contribution in [-0.2, 0) is 10.0 Å². The molecule has 2 rings (SSSR count). The molecule has 0 spiro atoms. The van der Waals surface area contributed by atoms with E-state index in [9.17, 15) is 18.3 Å². The van der Waals surface area contributed by atoms with Gasteiger partial charge in [0, 0.05) is 4.47 Å². The second-order valence-electron chi connectivity index (χ2n) is 4.82. The highest BCUT2D eigenvalue weighted by Gasteiger charge is 2.21. The fourth-order valence-corrected chi connectivity index (χ4v) is 3.97. The smallest absolute Gasteiger partial charge is 0.337 e. The summed E-state index contributed by atoms with van der Waals surface area (Å²) in [5.74, 6) is -1.19. The molecular weight excluding hydrogens is 370 g/mol. The van der Waals surface area contributed by atoms with Gasteiger partial charge in [0.2, 0.25) is 0 Å². The second kappa shape index (κ2) is 6.10. The maximum absolute atomic E-state index is 12.6. The zero-order chi connectivity index (χ0) is 16.5. The van der Waals surface area contributed by atoms with Crippen LogP contribution in [0.3, 0.4) is 0 Å². The summed E-state index contributed by atoms with van der Waals surface area (Å²) in [5, 5.41) is 9.21. The number of anilines is 1. The molecule has 0 heterocycles. The van der Waals surface area contributed by atoms with Gasteiger partial charge in [0.15, 0.2) is 0 Å². The van der Waals surface area contributed by atoms with Crippen LogP contribution in [0.15, 0.2) is 45.8 Å². The van der Waals surface area contributed by atoms with Crippen LogP contribution in [0.1, 0.15) is 21.5 Å². The van der Waals surface area contributed by atoms with E-state index in [1.807, 2.05) is 0 Å². The number of halogens is 1. The molecule has 0 amide bonds. The molecule has 116 valence electrons. The monoisotopic (exact) mass is 383 g/mol. The van der Waals surface area contributed by atoms with Crippen LogP contribution in [0.5, 0.6) is 0 Å². The van der Waals surface area contributed by atoms with Crippen LogP contribution < -0.4 is 4.72 Å². The van der Waals surface area contributed by atoms with Crippen molar-refractivity contribution >= 4 is 37.6 Å². The third-order valence-corrected chi connectivity index (χ3v) is 5.16. The first-order valence-electron chi connectivity index (χ1n) is 6.34. The van der Waals surface area contributed by atoms with E-state index in [4.69, 9.17) is 0 Å². The second-order valence-corrected chi connectivity index (χ2v) is 7.38. The zero-order valence-corrected chi connectivity index (χ0v) is 14.3. The fraction of sp³-hybridized carbons (Fsp3) is 0.133. The Morgan fingerprint density at radius 3 is 2.45 bits per heavy atom. The molecule has 0 saturated carbocycles. The molecule has 0 fully saturated rings. The van der Waals surface area contributed by atoms with Crippen LogP contribution in [0.25, 0.3) is 0 Å². The molecule has 5 nitrogen and oxygen atoms in total. The first-order chi connectivity index (χ1) is 10.2. The molecule has 0 aliphatic heterocycles. The number of nitrogens with one attached hydrogen (secondary N) is 1. The van der Waals surface area contributed by atoms with Crippen molar-refractivity contribution in [2.45, 2.75) is 18.7 Å². The Balaban J connectivity index is 2.55. The molecule has 0 bridgehead atoms. The highest BCUT2D eigenvalue weighted by Crippen LogP contribution is 2.27. The molecule has 2 aromatic rings. The van der Waals surface area contributed by atoms with Gasteiger partial charge in [-0.15, -0.1) is 0 Å². The molecule has 2 N–H and O–H groups in total. The first-order valence-corrected chi connectivity index (χ1v) is 8.62. The summed E-state index contributed by atoms with van der Waals surface area (Å²) in [6, 6.07) is 9.48. The van der Waals surface area contributed by atoms with Crippen molar-refractivity contribution in [1.29, 1.82) is 0 Å². The number of para-hydroxylation sites is 1. The minimum absolute atomic E-state index is 0.0781. The standard InChI is InChI=1S/C15H14BrNO4S/c1-9-6-7-11(16)8-13(9)22(20,21)17-14-10(2)4-3-5-12(14)15(18)19/h3-8,17H,1-2H3,(H,18,19). The lowest BCUT2D eigenvalue weighted by Gasteiger charge is -2.14. The van der Waals surface area contributed by atoms with Crippen molar-refractivity contribution in [2.75, 3.05) is 4.72 Å². The number of sulfonamides is 1. The third kappa shape index (κ3) is 3.31. The zero-order valence-electron chi connectivity index (χ0n) is 11.9. The molecule has 0 atom stereocenters. The number of hydrogen-bond donors (Lipinski definition) is 2. The quantitative estimate of drug-likeness (QED) is 0.844. The Morgan fingerprint density at radius 1 is 1.14 bits per heavy atom. The maximum atomic E-state index is 12.6. The van der Waals surface area contributed by atoms with Gasteiger partial charge in [-0.3, -0.25) is 4.72 Å². The number of hydrogen-bond acceptors (Lipinski definition) is 3. The van der Waals surface area contributed by atoms with Crippen molar-refractivity contribution in [3.63, 3.8) is 0 Å². The van der Waals surface area contributed by atoms with Gasteiger partial charge in [0.05, 0.1) is 16.1 Å². The van der Waals surface area contributed by atoms with Gasteiger partial charge in [0.25, 0.3) is 10.0 Å². The molecule has 0 aliphatic carbocycles. The summed E-state index contributed by atoms with van der Waals surface area (Å²) in [5.41, 5.74) is 1.10. The average molecular weight is 384 g/mol. The maximum Gasteiger partial charge on any atom is 0.337 e. The third-order valence-electron chi connectivity index (χ3n) is 3.18. The Hall–Kier alpha value is -1.86. The number of carboxylic acid groups (broad SMARTS) is 1. The lowest BCUT2D eigenvalue weighted by Crippen LogP contribution is -2.17. The average Bonchev–Trinajstić information content (AvgIpc) is 2.43. The number of carbonyl (C=O) groups is 1. The summed E-state index contributed by atoms with van der Waals surface area (Å²) < 4.78 is 28.2. The SMILES string of the molecule is Cc1ccc(Br)cc1S(=O)(=O)Nc1c(C)cccc1C(=O)O. The summed E-state index contributed by atoms with van der Waals surface area (Å²) in [6.07, 6.45) is 0. The summed E-state index contributed by atoms with van der Waals surface area (Å²) in [7, 11) is -3.89. The van der Waals surface area contributed by atoms with Crippen LogP contribution >= 0.6 is 15.9 Å². The number of carboxylic acids is 1. The van der Waals surface area contributed by atoms with Crippen molar-refractivity contribution in [2.24, 2.45) is 0 Å². The minimum Gasteiger partial charge on any atom is -0.478 e. The van der Waals surface area contributed by atoms with E-state index >= 15 is 0 Å². The van der Waals surface area contributed by atoms with E-state index in [1.165, 1.54) is 12.1 Å². The van der Waals surface area contributed by atoms with Gasteiger partial charge < -0.3 is 5.11 Å². The van der Waals surface area contributed by atoms with Crippen LogP contribution in [0.2, 0.25) is 0 Å². The molecule has 0 aliphatic rings. The van der Waals surface area contributed by atoms with E-state index < -0.39 is 16.0 Å². The minimum atomic E-state index is -3.89. The van der Waals surface area contributed by atoms with Gasteiger partial charge in [-0.1, -0.05) is 34.1 Å². The predicted molar refractivity (Wildman–Crippen MR) is 87.8 cm³/mol. The van der Waals surface area contributed by atoms with E-state index in [-0.39, 0.29) is 16.1 Å². The lowest BCUT2D eigenvalue weighted by atomic mass is 10.1. The Labute approximate surface area is 137 Å². The van der Waals surface area contributed by atoms with E-state index in [2.05, 4.69) is 20.7 Å². The first kappa shape index (κ1) is 16.5. The van der Waals surface area contributed by atoms with Crippen molar-refractivity contribution in [1.82, 2.24) is 0 Å². The van der Waals surface area contributed by atoms with E-state index in [0.717, 1.165) is 0 Å². The molecule has 7 heteroatoms. The Morgan fingerprint density at radius 2 is 1.82 bits per heavy atom. The molecule has 22 heavy (non-hydrogen) atoms. The van der Waals surface area contributed by atoms with Gasteiger partial charge in [-0.05, 0) is 43.2 Å². The summed E-state index contributed by atoms with van der Waals surface area (Å²) in [4.78, 5) is 11.4. The van der Waals surface area contributed by atoms with Crippen molar-refractivity contribution in [3.8, 4) is 0 Å². The lowest BCUT2D eigenvalue weighted by molar-refractivity contribution is 0.0698. The number of rotatable bonds is 4. The number of aryl methyl sites for hydroxylation is 2.